The number of phosphoric ester groups is 1. The van der Waals surface area contributed by atoms with Gasteiger partial charge in [-0.2, -0.15) is 0 Å². The molecule has 5 unspecified atom stereocenters. The summed E-state index contributed by atoms with van der Waals surface area (Å²) in [4.78, 5) is 31.0. The number of aliphatic hydroxyl groups is 2. The minimum atomic E-state index is -4.97. The van der Waals surface area contributed by atoms with Gasteiger partial charge in [-0.15, -0.1) is 0 Å². The molecule has 3 rings (SSSR count). The van der Waals surface area contributed by atoms with Gasteiger partial charge in [0.2, 0.25) is 0 Å². The molecule has 0 spiro atoms. The molecule has 0 aromatic carbocycles. The number of nitrogens with two attached hydrogens (primary N) is 1. The first-order valence-corrected chi connectivity index (χ1v) is 7.90. The van der Waals surface area contributed by atoms with Gasteiger partial charge in [0, 0.05) is 0 Å². The van der Waals surface area contributed by atoms with E-state index in [1.807, 2.05) is 0 Å². The Morgan fingerprint density at radius 3 is 2.75 bits per heavy atom. The van der Waals surface area contributed by atoms with Gasteiger partial charge in [0.05, 0.1) is 12.9 Å². The van der Waals surface area contributed by atoms with Crippen LogP contribution in [0.3, 0.4) is 0 Å². The van der Waals surface area contributed by atoms with Crippen LogP contribution < -0.4 is 10.6 Å². The third kappa shape index (κ3) is 3.39. The van der Waals surface area contributed by atoms with Gasteiger partial charge in [0.25, 0.3) is 7.82 Å². The van der Waals surface area contributed by atoms with E-state index in [-0.39, 0.29) is 24.4 Å². The summed E-state index contributed by atoms with van der Waals surface area (Å²) in [5.41, 5.74) is 6.22. The smallest absolute Gasteiger partial charge is 0.265 e. The van der Waals surface area contributed by atoms with Crippen molar-refractivity contribution < 1.29 is 33.8 Å². The summed E-state index contributed by atoms with van der Waals surface area (Å²) in [6.07, 6.45) is -2.62. The molecule has 5 N–H and O–H groups in total. The summed E-state index contributed by atoms with van der Waals surface area (Å²) >= 11 is 0. The van der Waals surface area contributed by atoms with E-state index in [4.69, 9.17) is 15.4 Å². The first-order chi connectivity index (χ1) is 10.8. The summed E-state index contributed by atoms with van der Waals surface area (Å²) in [5, 5.41) is 20.0. The second-order valence-electron chi connectivity index (χ2n) is 4.89. The Hall–Kier alpha value is -1.66. The number of phosphoric acid groups is 1. The number of ether oxygens (including phenoxy) is 1. The Morgan fingerprint density at radius 1 is 1.38 bits per heavy atom. The van der Waals surface area contributed by atoms with Crippen molar-refractivity contribution in [3.05, 3.63) is 12.7 Å². The second-order valence-corrected chi connectivity index (χ2v) is 6.09. The summed E-state index contributed by atoms with van der Waals surface area (Å²) in [5.74, 6) is 0.134. The molecule has 1 aliphatic rings. The lowest BCUT2D eigenvalue weighted by molar-refractivity contribution is -0.222. The predicted octanol–water partition coefficient (Wildman–Crippen LogP) is -1.86. The molecule has 0 bridgehead atoms. The van der Waals surface area contributed by atoms with Crippen LogP contribution in [0.1, 0.15) is 13.7 Å². The third-order valence-corrected chi connectivity index (χ3v) is 3.88. The molecule has 2 aromatic heterocycles. The standard InChI is InChI=1S/C10H14N5O7P.CH4/c11-8-5-9(13-2-12-8)15(3-14-5)10-7(17)6(16)4(22-10)1-21-23(18,19)20;/h2-4,6-7,10,16-17H,1H2,(H2,11,12,13)(H2,18,19,20);1H4/p-1. The Morgan fingerprint density at radius 2 is 2.08 bits per heavy atom. The van der Waals surface area contributed by atoms with Crippen LogP contribution in [0.15, 0.2) is 12.7 Å². The second kappa shape index (κ2) is 6.69. The van der Waals surface area contributed by atoms with Crippen LogP contribution in [-0.4, -0.2) is 59.5 Å². The number of imidazole rings is 1. The topological polar surface area (TPSA) is 189 Å². The Labute approximate surface area is 136 Å². The molecular formula is C11H17N5O7P-. The molecule has 0 saturated carbocycles. The SMILES string of the molecule is C.Nc1ncnc2c1ncn2C1OC(COP(=O)([O-])O)C(O)C1O. The minimum absolute atomic E-state index is 0. The average Bonchev–Trinajstić information content (AvgIpc) is 3.01. The molecule has 3 heterocycles. The van der Waals surface area contributed by atoms with Crippen LogP contribution in [0, 0.1) is 0 Å². The Kier molecular flexibility index (Phi) is 5.20. The molecule has 1 saturated heterocycles. The molecule has 0 amide bonds. The maximum absolute atomic E-state index is 10.6. The first kappa shape index (κ1) is 18.7. The Balaban J connectivity index is 0.00000208. The zero-order valence-corrected chi connectivity index (χ0v) is 12.4. The van der Waals surface area contributed by atoms with E-state index in [1.165, 1.54) is 17.2 Å². The highest BCUT2D eigenvalue weighted by Crippen LogP contribution is 2.36. The molecule has 5 atom stereocenters. The van der Waals surface area contributed by atoms with E-state index in [0.29, 0.717) is 0 Å². The van der Waals surface area contributed by atoms with Crippen molar-refractivity contribution in [3.8, 4) is 0 Å². The normalized spacial score (nSPS) is 29.3. The number of fused-ring (bicyclic) bond motifs is 1. The van der Waals surface area contributed by atoms with Crippen molar-refractivity contribution in [1.29, 1.82) is 0 Å². The molecule has 0 radical (unpaired) electrons. The molecule has 0 aliphatic carbocycles. The fourth-order valence-corrected chi connectivity index (χ4v) is 2.66. The lowest BCUT2D eigenvalue weighted by atomic mass is 10.1. The molecule has 12 nitrogen and oxygen atoms in total. The van der Waals surface area contributed by atoms with E-state index in [9.17, 15) is 19.7 Å². The largest absolute Gasteiger partial charge is 0.756 e. The van der Waals surface area contributed by atoms with E-state index < -0.39 is 39.0 Å². The average molecular weight is 362 g/mol. The highest BCUT2D eigenvalue weighted by molar-refractivity contribution is 7.44. The third-order valence-electron chi connectivity index (χ3n) is 3.40. The van der Waals surface area contributed by atoms with E-state index >= 15 is 0 Å². The quantitative estimate of drug-likeness (QED) is 0.446. The number of nitrogen functional groups attached to an aromatic ring is 1. The van der Waals surface area contributed by atoms with E-state index in [0.717, 1.165) is 0 Å². The summed E-state index contributed by atoms with van der Waals surface area (Å²) in [6, 6.07) is 0. The maximum Gasteiger partial charge on any atom is 0.265 e. The van der Waals surface area contributed by atoms with Gasteiger partial charge >= 0.3 is 0 Å². The van der Waals surface area contributed by atoms with Crippen LogP contribution in [0.25, 0.3) is 11.2 Å². The van der Waals surface area contributed by atoms with Crippen LogP contribution in [0.2, 0.25) is 0 Å². The van der Waals surface area contributed by atoms with Crippen LogP contribution in [-0.2, 0) is 13.8 Å². The molecule has 13 heteroatoms. The number of hydrogen-bond donors (Lipinski definition) is 4. The number of rotatable bonds is 4. The number of hydrogen-bond acceptors (Lipinski definition) is 10. The number of aromatic nitrogens is 4. The van der Waals surface area contributed by atoms with E-state index in [1.54, 1.807) is 0 Å². The molecule has 2 aromatic rings. The highest BCUT2D eigenvalue weighted by Gasteiger charge is 2.44. The number of aliphatic hydroxyl groups excluding tert-OH is 2. The van der Waals surface area contributed by atoms with E-state index in [2.05, 4.69) is 19.5 Å². The summed E-state index contributed by atoms with van der Waals surface area (Å²) in [6.45, 7) is -0.657. The van der Waals surface area contributed by atoms with Crippen molar-refractivity contribution in [2.45, 2.75) is 32.0 Å². The number of nitrogens with zero attached hydrogens (tertiary/aromatic N) is 4. The Bertz CT molecular complexity index is 764. The molecular weight excluding hydrogens is 345 g/mol. The van der Waals surface area contributed by atoms with Gasteiger partial charge in [-0.3, -0.25) is 9.13 Å². The van der Waals surface area contributed by atoms with Gasteiger partial charge in [0.15, 0.2) is 17.7 Å². The van der Waals surface area contributed by atoms with Crippen molar-refractivity contribution in [3.63, 3.8) is 0 Å². The predicted molar refractivity (Wildman–Crippen MR) is 78.2 cm³/mol. The molecule has 134 valence electrons. The lowest BCUT2D eigenvalue weighted by Gasteiger charge is -2.20. The van der Waals surface area contributed by atoms with Gasteiger partial charge in [-0.25, -0.2) is 15.0 Å². The van der Waals surface area contributed by atoms with Gasteiger partial charge in [-0.05, 0) is 0 Å². The maximum atomic E-state index is 10.6. The van der Waals surface area contributed by atoms with Crippen LogP contribution in [0.5, 0.6) is 0 Å². The van der Waals surface area contributed by atoms with Gasteiger partial charge in [-0.1, -0.05) is 7.43 Å². The zero-order chi connectivity index (χ0) is 16.8. The van der Waals surface area contributed by atoms with Crippen LogP contribution in [0.4, 0.5) is 5.82 Å². The molecule has 1 aliphatic heterocycles. The summed E-state index contributed by atoms with van der Waals surface area (Å²) in [7, 11) is -4.97. The first-order valence-electron chi connectivity index (χ1n) is 6.41. The number of anilines is 1. The van der Waals surface area contributed by atoms with Crippen molar-refractivity contribution in [2.24, 2.45) is 0 Å². The highest BCUT2D eigenvalue weighted by atomic mass is 31.2. The van der Waals surface area contributed by atoms with Gasteiger partial charge < -0.3 is 35.0 Å². The monoisotopic (exact) mass is 362 g/mol. The fourth-order valence-electron chi connectivity index (χ4n) is 2.32. The van der Waals surface area contributed by atoms with Crippen molar-refractivity contribution in [1.82, 2.24) is 19.5 Å². The van der Waals surface area contributed by atoms with Crippen LogP contribution >= 0.6 is 7.82 Å². The van der Waals surface area contributed by atoms with Crippen molar-refractivity contribution >= 4 is 24.8 Å². The van der Waals surface area contributed by atoms with Crippen molar-refractivity contribution in [2.75, 3.05) is 12.3 Å². The summed E-state index contributed by atoms with van der Waals surface area (Å²) < 4.78 is 21.5. The van der Waals surface area contributed by atoms with Gasteiger partial charge in [0.1, 0.15) is 30.2 Å². The minimum Gasteiger partial charge on any atom is -0.756 e. The fraction of sp³-hybridized carbons (Fsp3) is 0.545. The lowest BCUT2D eigenvalue weighted by Crippen LogP contribution is -2.34. The zero-order valence-electron chi connectivity index (χ0n) is 11.5. The molecule has 24 heavy (non-hydrogen) atoms. The molecule has 1 fully saturated rings.